The summed E-state index contributed by atoms with van der Waals surface area (Å²) in [6.07, 6.45) is 3.60. The van der Waals surface area contributed by atoms with Crippen molar-refractivity contribution in [2.24, 2.45) is 4.99 Å². The highest BCUT2D eigenvalue weighted by molar-refractivity contribution is 9.11. The molecule has 1 N–H and O–H groups in total. The third-order valence-corrected chi connectivity index (χ3v) is 8.83. The number of nitrogens with zero attached hydrogens (tertiary/aromatic N) is 2. The number of hydrogen-bond acceptors (Lipinski definition) is 5. The van der Waals surface area contributed by atoms with E-state index in [1.807, 2.05) is 41.0 Å². The Morgan fingerprint density at radius 1 is 1.08 bits per heavy atom. The van der Waals surface area contributed by atoms with Gasteiger partial charge in [-0.1, -0.05) is 47.7 Å². The first-order valence-electron chi connectivity index (χ1n) is 11.4. The average molecular weight is 624 g/mol. The summed E-state index contributed by atoms with van der Waals surface area (Å²) in [4.78, 5) is 19.6. The lowest BCUT2D eigenvalue weighted by molar-refractivity contribution is 0.414. The number of halogens is 2. The normalized spacial score (nSPS) is 16.8. The number of phenols is 1. The number of thiazole rings is 1. The third-order valence-electron chi connectivity index (χ3n) is 6.64. The van der Waals surface area contributed by atoms with Crippen LogP contribution in [0.4, 0.5) is 0 Å². The smallest absolute Gasteiger partial charge is 0.271 e. The van der Waals surface area contributed by atoms with Gasteiger partial charge >= 0.3 is 0 Å². The van der Waals surface area contributed by atoms with E-state index < -0.39 is 0 Å². The molecule has 0 unspecified atom stereocenters. The average Bonchev–Trinajstić information content (AvgIpc) is 3.20. The van der Waals surface area contributed by atoms with Crippen molar-refractivity contribution in [3.63, 3.8) is 0 Å². The fourth-order valence-electron chi connectivity index (χ4n) is 4.93. The van der Waals surface area contributed by atoms with Crippen LogP contribution >= 0.6 is 43.2 Å². The molecule has 2 aliphatic rings. The van der Waals surface area contributed by atoms with Crippen LogP contribution in [0.2, 0.25) is 0 Å². The molecular weight excluding hydrogens is 604 g/mol. The molecule has 3 aromatic carbocycles. The van der Waals surface area contributed by atoms with Crippen molar-refractivity contribution in [3.8, 4) is 11.5 Å². The molecule has 1 aliphatic carbocycles. The third kappa shape index (κ3) is 3.88. The molecule has 8 heteroatoms. The molecule has 0 fully saturated rings. The Morgan fingerprint density at radius 2 is 1.81 bits per heavy atom. The van der Waals surface area contributed by atoms with Gasteiger partial charge in [-0.3, -0.25) is 9.36 Å². The number of hydrogen-bond donors (Lipinski definition) is 1. The molecule has 0 bridgehead atoms. The standard InChI is InChI=1S/C28H20Br2N2O3S/c1-35-18-9-6-17(7-10-18)25-20-11-8-16-4-2-3-5-19(16)24(20)31-28-32(25)27(34)23(36-28)14-15-12-21(29)26(33)22(30)13-15/h2-7,9-10,12-14,25,33H,8,11H2,1H3/b23-14-/t25-/m0/s1. The van der Waals surface area contributed by atoms with Crippen LogP contribution in [0.15, 0.2) is 85.0 Å². The topological polar surface area (TPSA) is 63.8 Å². The number of rotatable bonds is 3. The number of methoxy groups -OCH3 is 1. The van der Waals surface area contributed by atoms with Gasteiger partial charge in [0.25, 0.3) is 5.56 Å². The van der Waals surface area contributed by atoms with Gasteiger partial charge < -0.3 is 9.84 Å². The zero-order chi connectivity index (χ0) is 25.0. The van der Waals surface area contributed by atoms with Crippen molar-refractivity contribution < 1.29 is 9.84 Å². The molecule has 0 amide bonds. The Kier molecular flexibility index (Phi) is 5.98. The van der Waals surface area contributed by atoms with Crippen LogP contribution in [-0.4, -0.2) is 16.8 Å². The van der Waals surface area contributed by atoms with Crippen molar-refractivity contribution in [1.82, 2.24) is 4.57 Å². The highest BCUT2D eigenvalue weighted by Gasteiger charge is 2.32. The predicted octanol–water partition coefficient (Wildman–Crippen LogP) is 5.56. The maximum atomic E-state index is 13.8. The van der Waals surface area contributed by atoms with Gasteiger partial charge in [0.1, 0.15) is 11.5 Å². The monoisotopic (exact) mass is 622 g/mol. The molecule has 0 spiro atoms. The molecule has 1 aromatic heterocycles. The van der Waals surface area contributed by atoms with Gasteiger partial charge in [-0.15, -0.1) is 0 Å². The van der Waals surface area contributed by atoms with E-state index in [-0.39, 0.29) is 17.4 Å². The molecule has 0 saturated heterocycles. The first-order valence-corrected chi connectivity index (χ1v) is 13.8. The van der Waals surface area contributed by atoms with Crippen molar-refractivity contribution in [1.29, 1.82) is 0 Å². The van der Waals surface area contributed by atoms with Crippen LogP contribution in [0.3, 0.4) is 0 Å². The molecule has 36 heavy (non-hydrogen) atoms. The van der Waals surface area contributed by atoms with Crippen molar-refractivity contribution in [3.05, 3.63) is 117 Å². The number of fused-ring (bicyclic) bond motifs is 3. The Hall–Kier alpha value is -2.94. The number of ether oxygens (including phenoxy) is 1. The minimum atomic E-state index is -0.240. The Bertz CT molecular complexity index is 1710. The van der Waals surface area contributed by atoms with Gasteiger partial charge in [0.2, 0.25) is 0 Å². The SMILES string of the molecule is COc1ccc([C@H]2C3=C(N=c4s/c(=C\c5cc(Br)c(O)c(Br)c5)c(=O)n42)c2ccccc2CC3)cc1. The van der Waals surface area contributed by atoms with Crippen molar-refractivity contribution >= 4 is 55.0 Å². The summed E-state index contributed by atoms with van der Waals surface area (Å²) in [7, 11) is 1.65. The Balaban J connectivity index is 1.60. The molecule has 0 saturated carbocycles. The van der Waals surface area contributed by atoms with Crippen LogP contribution in [-0.2, 0) is 6.42 Å². The minimum absolute atomic E-state index is 0.0784. The van der Waals surface area contributed by atoms with Gasteiger partial charge in [0, 0.05) is 5.56 Å². The van der Waals surface area contributed by atoms with E-state index in [0.29, 0.717) is 18.3 Å². The lowest BCUT2D eigenvalue weighted by Gasteiger charge is -2.30. The molecule has 6 rings (SSSR count). The number of phenolic OH excluding ortho intramolecular Hbond substituents is 1. The van der Waals surface area contributed by atoms with E-state index in [9.17, 15) is 9.90 Å². The lowest BCUT2D eigenvalue weighted by atomic mass is 9.83. The first-order chi connectivity index (χ1) is 17.4. The molecule has 4 aromatic rings. The fraction of sp³-hybridized carbons (Fsp3) is 0.143. The maximum absolute atomic E-state index is 13.8. The summed E-state index contributed by atoms with van der Waals surface area (Å²) >= 11 is 8.14. The molecule has 1 aliphatic heterocycles. The van der Waals surface area contributed by atoms with Crippen LogP contribution in [0, 0.1) is 0 Å². The number of aromatic hydroxyl groups is 1. The first kappa shape index (κ1) is 23.5. The Morgan fingerprint density at radius 3 is 2.53 bits per heavy atom. The minimum Gasteiger partial charge on any atom is -0.506 e. The van der Waals surface area contributed by atoms with Gasteiger partial charge in [-0.25, -0.2) is 4.99 Å². The van der Waals surface area contributed by atoms with Crippen LogP contribution in [0.1, 0.15) is 34.7 Å². The van der Waals surface area contributed by atoms with Gasteiger partial charge in [0.05, 0.1) is 32.3 Å². The van der Waals surface area contributed by atoms with E-state index >= 15 is 0 Å². The predicted molar refractivity (Wildman–Crippen MR) is 149 cm³/mol. The lowest BCUT2D eigenvalue weighted by Crippen LogP contribution is -2.38. The molecule has 180 valence electrons. The highest BCUT2D eigenvalue weighted by atomic mass is 79.9. The zero-order valence-corrected chi connectivity index (χ0v) is 23.2. The van der Waals surface area contributed by atoms with E-state index in [4.69, 9.17) is 9.73 Å². The number of allylic oxidation sites excluding steroid dienone is 1. The molecule has 1 atom stereocenters. The second kappa shape index (κ2) is 9.18. The number of benzene rings is 3. The summed E-state index contributed by atoms with van der Waals surface area (Å²) in [6.45, 7) is 0. The quantitative estimate of drug-likeness (QED) is 0.325. The largest absolute Gasteiger partial charge is 0.506 e. The summed E-state index contributed by atoms with van der Waals surface area (Å²) in [5.41, 5.74) is 6.30. The molecule has 2 heterocycles. The van der Waals surface area contributed by atoms with Crippen molar-refractivity contribution in [2.75, 3.05) is 7.11 Å². The number of aryl methyl sites for hydroxylation is 1. The van der Waals surface area contributed by atoms with Gasteiger partial charge in [-0.05, 0) is 97.3 Å². The summed E-state index contributed by atoms with van der Waals surface area (Å²) < 4.78 is 8.90. The van der Waals surface area contributed by atoms with Gasteiger partial charge in [-0.2, -0.15) is 0 Å². The summed E-state index contributed by atoms with van der Waals surface area (Å²) in [5.74, 6) is 0.900. The molecule has 5 nitrogen and oxygen atoms in total. The zero-order valence-electron chi connectivity index (χ0n) is 19.2. The van der Waals surface area contributed by atoms with Gasteiger partial charge in [0.15, 0.2) is 4.80 Å². The molecule has 0 radical (unpaired) electrons. The second-order valence-corrected chi connectivity index (χ2v) is 11.4. The van der Waals surface area contributed by atoms with Crippen LogP contribution < -0.4 is 19.6 Å². The van der Waals surface area contributed by atoms with E-state index in [2.05, 4.69) is 50.1 Å². The number of aromatic nitrogens is 1. The Labute approximate surface area is 228 Å². The van der Waals surface area contributed by atoms with E-state index in [0.717, 1.165) is 46.6 Å². The summed E-state index contributed by atoms with van der Waals surface area (Å²) in [6, 6.07) is 19.7. The second-order valence-electron chi connectivity index (χ2n) is 8.72. The fourth-order valence-corrected chi connectivity index (χ4v) is 7.15. The highest BCUT2D eigenvalue weighted by Crippen LogP contribution is 2.41. The maximum Gasteiger partial charge on any atom is 0.271 e. The molecular formula is C28H20Br2N2O3S. The van der Waals surface area contributed by atoms with Crippen LogP contribution in [0.5, 0.6) is 11.5 Å². The van der Waals surface area contributed by atoms with Crippen LogP contribution in [0.25, 0.3) is 11.8 Å². The van der Waals surface area contributed by atoms with E-state index in [1.165, 1.54) is 16.9 Å². The summed E-state index contributed by atoms with van der Waals surface area (Å²) in [5, 5.41) is 10.1. The van der Waals surface area contributed by atoms with E-state index in [1.54, 1.807) is 19.2 Å². The van der Waals surface area contributed by atoms with Crippen molar-refractivity contribution in [2.45, 2.75) is 18.9 Å².